The summed E-state index contributed by atoms with van der Waals surface area (Å²) in [5, 5.41) is 13.2. The molecule has 2 aromatic carbocycles. The van der Waals surface area contributed by atoms with E-state index < -0.39 is 0 Å². The molecule has 0 fully saturated rings. The number of benzene rings is 2. The number of amides is 2. The van der Waals surface area contributed by atoms with E-state index in [0.717, 1.165) is 11.3 Å². The van der Waals surface area contributed by atoms with Gasteiger partial charge in [0.2, 0.25) is 5.91 Å². The number of imide groups is 1. The van der Waals surface area contributed by atoms with E-state index in [1.165, 1.54) is 9.58 Å². The third-order valence-electron chi connectivity index (χ3n) is 5.00. The highest BCUT2D eigenvalue weighted by molar-refractivity contribution is 6.03. The van der Waals surface area contributed by atoms with Gasteiger partial charge in [-0.3, -0.25) is 19.2 Å². The largest absolute Gasteiger partial charge is 0.457 e. The SMILES string of the molecule is CCCC(=O)N(Cc1ccc(Oc2ccc(C#N)cc2)cc1)C(=O)c1cc(CC)nn1C. The van der Waals surface area contributed by atoms with Gasteiger partial charge in [0.1, 0.15) is 17.2 Å². The van der Waals surface area contributed by atoms with Crippen molar-refractivity contribution in [1.29, 1.82) is 5.26 Å². The van der Waals surface area contributed by atoms with Crippen molar-refractivity contribution in [3.8, 4) is 17.6 Å². The predicted molar refractivity (Wildman–Crippen MR) is 120 cm³/mol. The number of hydrogen-bond acceptors (Lipinski definition) is 5. The van der Waals surface area contributed by atoms with Crippen LogP contribution in [0.1, 0.15) is 54.0 Å². The number of nitriles is 1. The van der Waals surface area contributed by atoms with Crippen LogP contribution in [-0.2, 0) is 24.8 Å². The third kappa shape index (κ3) is 5.41. The van der Waals surface area contributed by atoms with Gasteiger partial charge in [-0.15, -0.1) is 0 Å². The average molecular weight is 431 g/mol. The number of hydrogen-bond donors (Lipinski definition) is 0. The Balaban J connectivity index is 1.76. The lowest BCUT2D eigenvalue weighted by molar-refractivity contribution is -0.129. The maximum atomic E-state index is 13.2. The van der Waals surface area contributed by atoms with Crippen LogP contribution in [0.3, 0.4) is 0 Å². The van der Waals surface area contributed by atoms with Crippen molar-refractivity contribution in [2.75, 3.05) is 0 Å². The van der Waals surface area contributed by atoms with Gasteiger partial charge in [-0.25, -0.2) is 0 Å². The molecule has 0 spiro atoms. The van der Waals surface area contributed by atoms with E-state index in [1.54, 1.807) is 49.5 Å². The van der Waals surface area contributed by atoms with Crippen LogP contribution >= 0.6 is 0 Å². The number of ether oxygens (including phenoxy) is 1. The normalized spacial score (nSPS) is 10.4. The second-order valence-electron chi connectivity index (χ2n) is 7.42. The molecule has 0 radical (unpaired) electrons. The molecule has 164 valence electrons. The molecular weight excluding hydrogens is 404 g/mol. The summed E-state index contributed by atoms with van der Waals surface area (Å²) in [5.74, 6) is 0.677. The van der Waals surface area contributed by atoms with Crippen LogP contribution in [0.2, 0.25) is 0 Å². The first kappa shape index (κ1) is 22.8. The van der Waals surface area contributed by atoms with E-state index in [0.29, 0.717) is 42.0 Å². The first-order valence-corrected chi connectivity index (χ1v) is 10.6. The van der Waals surface area contributed by atoms with Gasteiger partial charge < -0.3 is 4.74 Å². The Morgan fingerprint density at radius 3 is 2.22 bits per heavy atom. The quantitative estimate of drug-likeness (QED) is 0.520. The van der Waals surface area contributed by atoms with E-state index in [1.807, 2.05) is 26.0 Å². The molecule has 3 aromatic rings. The van der Waals surface area contributed by atoms with E-state index >= 15 is 0 Å². The average Bonchev–Trinajstić information content (AvgIpc) is 3.19. The highest BCUT2D eigenvalue weighted by atomic mass is 16.5. The van der Waals surface area contributed by atoms with Gasteiger partial charge in [-0.2, -0.15) is 10.4 Å². The monoisotopic (exact) mass is 430 g/mol. The maximum absolute atomic E-state index is 13.2. The lowest BCUT2D eigenvalue weighted by atomic mass is 10.1. The molecule has 0 atom stereocenters. The summed E-state index contributed by atoms with van der Waals surface area (Å²) in [6, 6.07) is 17.9. The van der Waals surface area contributed by atoms with Crippen LogP contribution in [0, 0.1) is 11.3 Å². The minimum atomic E-state index is -0.351. The summed E-state index contributed by atoms with van der Waals surface area (Å²) >= 11 is 0. The topological polar surface area (TPSA) is 88.2 Å². The van der Waals surface area contributed by atoms with Gasteiger partial charge in [-0.05, 0) is 60.9 Å². The van der Waals surface area contributed by atoms with Crippen molar-refractivity contribution in [2.24, 2.45) is 7.05 Å². The van der Waals surface area contributed by atoms with Crippen LogP contribution in [0.25, 0.3) is 0 Å². The molecule has 2 amide bonds. The zero-order chi connectivity index (χ0) is 23.1. The van der Waals surface area contributed by atoms with E-state index in [4.69, 9.17) is 10.00 Å². The summed E-state index contributed by atoms with van der Waals surface area (Å²) in [7, 11) is 1.71. The van der Waals surface area contributed by atoms with Gasteiger partial charge in [-0.1, -0.05) is 26.0 Å². The van der Waals surface area contributed by atoms with E-state index in [9.17, 15) is 9.59 Å². The molecule has 32 heavy (non-hydrogen) atoms. The number of nitrogens with zero attached hydrogens (tertiary/aromatic N) is 4. The molecular formula is C25H26N4O3. The van der Waals surface area contributed by atoms with Crippen molar-refractivity contribution in [3.05, 3.63) is 77.1 Å². The van der Waals surface area contributed by atoms with Gasteiger partial charge in [0.25, 0.3) is 5.91 Å². The fourth-order valence-corrected chi connectivity index (χ4v) is 3.24. The fraction of sp³-hybridized carbons (Fsp3) is 0.280. The minimum Gasteiger partial charge on any atom is -0.457 e. The lowest BCUT2D eigenvalue weighted by Gasteiger charge is -2.21. The summed E-state index contributed by atoms with van der Waals surface area (Å²) in [6.45, 7) is 4.05. The first-order chi connectivity index (χ1) is 15.4. The van der Waals surface area contributed by atoms with Crippen LogP contribution in [0.5, 0.6) is 11.5 Å². The van der Waals surface area contributed by atoms with Crippen LogP contribution in [0.15, 0.2) is 54.6 Å². The fourth-order valence-electron chi connectivity index (χ4n) is 3.24. The number of aryl methyl sites for hydroxylation is 2. The van der Waals surface area contributed by atoms with E-state index in [2.05, 4.69) is 11.2 Å². The number of carbonyl (C=O) groups excluding carboxylic acids is 2. The van der Waals surface area contributed by atoms with Gasteiger partial charge in [0.05, 0.1) is 23.9 Å². The molecule has 0 aliphatic carbocycles. The summed E-state index contributed by atoms with van der Waals surface area (Å²) in [5.41, 5.74) is 2.58. The van der Waals surface area contributed by atoms with Crippen molar-refractivity contribution >= 4 is 11.8 Å². The predicted octanol–water partition coefficient (Wildman–Crippen LogP) is 4.62. The van der Waals surface area contributed by atoms with Gasteiger partial charge >= 0.3 is 0 Å². The molecule has 0 saturated heterocycles. The molecule has 0 aliphatic rings. The Bertz CT molecular complexity index is 1130. The molecule has 7 nitrogen and oxygen atoms in total. The van der Waals surface area contributed by atoms with Gasteiger partial charge in [0.15, 0.2) is 0 Å². The van der Waals surface area contributed by atoms with Crippen LogP contribution in [-0.4, -0.2) is 26.5 Å². The summed E-state index contributed by atoms with van der Waals surface area (Å²) in [4.78, 5) is 27.2. The third-order valence-corrected chi connectivity index (χ3v) is 5.00. The Morgan fingerprint density at radius 1 is 1.06 bits per heavy atom. The van der Waals surface area contributed by atoms with Crippen molar-refractivity contribution in [1.82, 2.24) is 14.7 Å². The molecule has 0 aliphatic heterocycles. The number of carbonyl (C=O) groups is 2. The molecule has 7 heteroatoms. The second kappa shape index (κ2) is 10.4. The summed E-state index contributed by atoms with van der Waals surface area (Å²) in [6.07, 6.45) is 1.67. The zero-order valence-corrected chi connectivity index (χ0v) is 18.5. The number of rotatable bonds is 8. The molecule has 0 unspecified atom stereocenters. The van der Waals surface area contributed by atoms with Crippen molar-refractivity contribution < 1.29 is 14.3 Å². The van der Waals surface area contributed by atoms with Gasteiger partial charge in [0, 0.05) is 13.5 Å². The second-order valence-corrected chi connectivity index (χ2v) is 7.42. The minimum absolute atomic E-state index is 0.168. The highest BCUT2D eigenvalue weighted by Crippen LogP contribution is 2.23. The highest BCUT2D eigenvalue weighted by Gasteiger charge is 2.25. The maximum Gasteiger partial charge on any atom is 0.279 e. The van der Waals surface area contributed by atoms with Crippen molar-refractivity contribution in [3.63, 3.8) is 0 Å². The molecule has 0 N–H and O–H groups in total. The van der Waals surface area contributed by atoms with Crippen LogP contribution in [0.4, 0.5) is 0 Å². The Labute approximate surface area is 187 Å². The summed E-state index contributed by atoms with van der Waals surface area (Å²) < 4.78 is 7.33. The van der Waals surface area contributed by atoms with Crippen molar-refractivity contribution in [2.45, 2.75) is 39.7 Å². The smallest absolute Gasteiger partial charge is 0.279 e. The molecule has 1 aromatic heterocycles. The lowest BCUT2D eigenvalue weighted by Crippen LogP contribution is -2.37. The molecule has 3 rings (SSSR count). The van der Waals surface area contributed by atoms with Crippen LogP contribution < -0.4 is 4.74 Å². The standard InChI is InChI=1S/C25H26N4O3/c1-4-6-24(30)29(25(31)23-15-20(5-2)27-28(23)3)17-19-9-13-22(14-10-19)32-21-11-7-18(16-26)8-12-21/h7-15H,4-6,17H2,1-3H3. The zero-order valence-electron chi connectivity index (χ0n) is 18.5. The molecule has 0 saturated carbocycles. The number of aromatic nitrogens is 2. The Morgan fingerprint density at radius 2 is 1.69 bits per heavy atom. The molecule has 1 heterocycles. The molecule has 0 bridgehead atoms. The Hall–Kier alpha value is -3.92. The first-order valence-electron chi connectivity index (χ1n) is 10.6. The van der Waals surface area contributed by atoms with E-state index in [-0.39, 0.29) is 18.4 Å². The Kier molecular flexibility index (Phi) is 7.40.